The van der Waals surface area contributed by atoms with Crippen molar-refractivity contribution in [2.45, 2.75) is 69.2 Å². The largest absolute Gasteiger partial charge is 0.413 e. The highest BCUT2D eigenvalue weighted by molar-refractivity contribution is 14.1. The number of fused-ring (bicyclic) bond motifs is 2. The summed E-state index contributed by atoms with van der Waals surface area (Å²) in [5.41, 5.74) is 3.79. The summed E-state index contributed by atoms with van der Waals surface area (Å²) in [6.07, 6.45) is 10.6. The Hall–Kier alpha value is -1.22. The molecule has 0 N–H and O–H groups in total. The number of rotatable bonds is 5. The summed E-state index contributed by atoms with van der Waals surface area (Å²) >= 11 is 2.50. The highest BCUT2D eigenvalue weighted by Gasteiger charge is 2.62. The van der Waals surface area contributed by atoms with E-state index in [0.717, 1.165) is 31.6 Å². The van der Waals surface area contributed by atoms with Gasteiger partial charge in [-0.2, -0.15) is 0 Å². The molecular weight excluding hydrogens is 539 g/mol. The molecule has 3 atom stereocenters. The molecule has 3 heterocycles. The lowest BCUT2D eigenvalue weighted by atomic mass is 9.64. The summed E-state index contributed by atoms with van der Waals surface area (Å²) in [6.45, 7) is 14.2. The van der Waals surface area contributed by atoms with Crippen LogP contribution in [0, 0.1) is 0 Å². The number of carbonyl (C=O) groups is 1. The number of amides is 1. The number of nitrogens with zero attached hydrogens (tertiary/aromatic N) is 2. The van der Waals surface area contributed by atoms with Gasteiger partial charge in [-0.05, 0) is 83.4 Å². The molecule has 33 heavy (non-hydrogen) atoms. The quantitative estimate of drug-likeness (QED) is 0.322. The Morgan fingerprint density at radius 1 is 1.27 bits per heavy atom. The Kier molecular flexibility index (Phi) is 5.83. The van der Waals surface area contributed by atoms with E-state index in [0.29, 0.717) is 12.6 Å². The fourth-order valence-corrected chi connectivity index (χ4v) is 7.58. The number of benzene rings is 1. The highest BCUT2D eigenvalue weighted by atomic mass is 127. The predicted molar refractivity (Wildman–Crippen MR) is 146 cm³/mol. The molecule has 1 spiro atoms. The summed E-state index contributed by atoms with van der Waals surface area (Å²) in [5.74, 6) is 0.123. The van der Waals surface area contributed by atoms with Crippen LogP contribution in [-0.2, 0) is 14.6 Å². The molecule has 176 valence electrons. The minimum absolute atomic E-state index is 0.00431. The van der Waals surface area contributed by atoms with E-state index in [-0.39, 0.29) is 22.4 Å². The highest BCUT2D eigenvalue weighted by Crippen LogP contribution is 2.59. The van der Waals surface area contributed by atoms with E-state index in [1.807, 2.05) is 0 Å². The van der Waals surface area contributed by atoms with Crippen molar-refractivity contribution in [3.05, 3.63) is 63.3 Å². The van der Waals surface area contributed by atoms with Gasteiger partial charge >= 0.3 is 0 Å². The lowest BCUT2D eigenvalue weighted by molar-refractivity contribution is -0.114. The second kappa shape index (κ2) is 8.17. The molecule has 0 unspecified atom stereocenters. The van der Waals surface area contributed by atoms with Crippen LogP contribution < -0.4 is 4.90 Å². The van der Waals surface area contributed by atoms with Crippen LogP contribution in [0.2, 0.25) is 18.1 Å². The average Bonchev–Trinajstić information content (AvgIpc) is 3.27. The molecule has 1 saturated heterocycles. The minimum atomic E-state index is -1.74. The fourth-order valence-electron chi connectivity index (χ4n) is 6.03. The number of likely N-dealkylation sites (tertiary alicyclic amines) is 1. The molecular formula is C27H35IN2O2Si. The van der Waals surface area contributed by atoms with E-state index in [2.05, 4.69) is 109 Å². The van der Waals surface area contributed by atoms with Crippen LogP contribution in [0.1, 0.15) is 39.2 Å². The standard InChI is InChI=1S/C27H35IN2O2Si/c1-26(2,3)33(4,5)32-17-14-20(28)18-29-16-15-27-21-8-6-7-9-22(21)30-24(31)13-11-19(25(27)30)10-12-23(27)29/h6-11,13-14,23,25H,12,15-18H2,1-5H3/b20-14-/t23-,25-,27+/m0/s1. The maximum atomic E-state index is 13.0. The Balaban J connectivity index is 1.39. The number of hydrogen-bond donors (Lipinski definition) is 0. The van der Waals surface area contributed by atoms with Crippen molar-refractivity contribution in [3.8, 4) is 0 Å². The third kappa shape index (κ3) is 3.63. The lowest BCUT2D eigenvalue weighted by Gasteiger charge is -2.46. The van der Waals surface area contributed by atoms with Gasteiger partial charge in [0.05, 0.1) is 12.6 Å². The molecule has 0 saturated carbocycles. The van der Waals surface area contributed by atoms with Gasteiger partial charge in [0.1, 0.15) is 0 Å². The maximum Gasteiger partial charge on any atom is 0.251 e. The van der Waals surface area contributed by atoms with Crippen molar-refractivity contribution in [1.82, 2.24) is 4.90 Å². The Morgan fingerprint density at radius 2 is 2.03 bits per heavy atom. The smallest absolute Gasteiger partial charge is 0.251 e. The molecule has 1 aromatic carbocycles. The van der Waals surface area contributed by atoms with Gasteiger partial charge in [-0.15, -0.1) is 0 Å². The van der Waals surface area contributed by atoms with Gasteiger partial charge in [0.25, 0.3) is 5.91 Å². The molecule has 1 fully saturated rings. The number of hydrogen-bond acceptors (Lipinski definition) is 3. The van der Waals surface area contributed by atoms with E-state index in [1.165, 1.54) is 14.7 Å². The molecule has 0 bridgehead atoms. The summed E-state index contributed by atoms with van der Waals surface area (Å²) in [4.78, 5) is 17.7. The molecule has 0 aromatic heterocycles. The van der Waals surface area contributed by atoms with E-state index < -0.39 is 8.32 Å². The topological polar surface area (TPSA) is 32.8 Å². The molecule has 6 heteroatoms. The van der Waals surface area contributed by atoms with E-state index in [4.69, 9.17) is 4.43 Å². The molecule has 4 aliphatic rings. The second-order valence-corrected chi connectivity index (χ2v) is 17.6. The van der Waals surface area contributed by atoms with Gasteiger partial charge < -0.3 is 9.33 Å². The molecule has 0 radical (unpaired) electrons. The number of halogens is 1. The van der Waals surface area contributed by atoms with Crippen LogP contribution in [0.3, 0.4) is 0 Å². The monoisotopic (exact) mass is 574 g/mol. The average molecular weight is 575 g/mol. The van der Waals surface area contributed by atoms with Gasteiger partial charge in [0, 0.05) is 33.3 Å². The first kappa shape index (κ1) is 23.5. The van der Waals surface area contributed by atoms with E-state index in [1.54, 1.807) is 6.08 Å². The number of carbonyl (C=O) groups excluding carboxylic acids is 1. The van der Waals surface area contributed by atoms with Crippen LogP contribution in [0.15, 0.2) is 57.7 Å². The second-order valence-electron chi connectivity index (χ2n) is 11.4. The zero-order valence-electron chi connectivity index (χ0n) is 20.4. The maximum absolute atomic E-state index is 13.0. The Bertz CT molecular complexity index is 1070. The third-order valence-corrected chi connectivity index (χ3v) is 14.0. The van der Waals surface area contributed by atoms with E-state index >= 15 is 0 Å². The first-order valence-electron chi connectivity index (χ1n) is 12.1. The molecule has 1 aliphatic carbocycles. The minimum Gasteiger partial charge on any atom is -0.413 e. The summed E-state index contributed by atoms with van der Waals surface area (Å²) in [7, 11) is -1.74. The zero-order chi connectivity index (χ0) is 23.6. The first-order chi connectivity index (χ1) is 15.6. The van der Waals surface area contributed by atoms with Crippen molar-refractivity contribution in [3.63, 3.8) is 0 Å². The van der Waals surface area contributed by atoms with Crippen LogP contribution in [0.25, 0.3) is 0 Å². The number of para-hydroxylation sites is 1. The summed E-state index contributed by atoms with van der Waals surface area (Å²) in [5, 5.41) is 0.230. The van der Waals surface area contributed by atoms with Crippen LogP contribution in [-0.4, -0.2) is 50.9 Å². The van der Waals surface area contributed by atoms with Gasteiger partial charge in [0.15, 0.2) is 8.32 Å². The van der Waals surface area contributed by atoms with Crippen LogP contribution >= 0.6 is 22.6 Å². The van der Waals surface area contributed by atoms with Gasteiger partial charge in [0.2, 0.25) is 0 Å². The molecule has 5 rings (SSSR count). The third-order valence-electron chi connectivity index (χ3n) is 8.72. The Labute approximate surface area is 213 Å². The predicted octanol–water partition coefficient (Wildman–Crippen LogP) is 5.95. The van der Waals surface area contributed by atoms with Crippen molar-refractivity contribution < 1.29 is 9.22 Å². The van der Waals surface area contributed by atoms with Crippen LogP contribution in [0.5, 0.6) is 0 Å². The fraction of sp³-hybridized carbons (Fsp3) is 0.519. The van der Waals surface area contributed by atoms with Crippen LogP contribution in [0.4, 0.5) is 5.69 Å². The van der Waals surface area contributed by atoms with Crippen molar-refractivity contribution in [2.75, 3.05) is 24.6 Å². The van der Waals surface area contributed by atoms with Crippen molar-refractivity contribution in [2.24, 2.45) is 0 Å². The van der Waals surface area contributed by atoms with E-state index in [9.17, 15) is 4.79 Å². The molecule has 3 aliphatic heterocycles. The molecule has 1 aromatic rings. The summed E-state index contributed by atoms with van der Waals surface area (Å²) in [6, 6.07) is 9.17. The molecule has 4 nitrogen and oxygen atoms in total. The SMILES string of the molecule is CC(C)(C)[Si](C)(C)OC/C=C(\I)CN1CC[C@@]23c4ccccc4N4C(=O)C=CC(=CC[C@H]12)[C@H]43. The zero-order valence-corrected chi connectivity index (χ0v) is 23.6. The summed E-state index contributed by atoms with van der Waals surface area (Å²) < 4.78 is 7.74. The van der Waals surface area contributed by atoms with Gasteiger partial charge in [-0.1, -0.05) is 51.1 Å². The van der Waals surface area contributed by atoms with Gasteiger partial charge in [-0.3, -0.25) is 9.69 Å². The van der Waals surface area contributed by atoms with Crippen molar-refractivity contribution in [1.29, 1.82) is 0 Å². The number of anilines is 1. The van der Waals surface area contributed by atoms with Gasteiger partial charge in [-0.25, -0.2) is 0 Å². The lowest BCUT2D eigenvalue weighted by Crippen LogP contribution is -2.57. The normalized spacial score (nSPS) is 29.2. The molecule has 1 amide bonds. The Morgan fingerprint density at radius 3 is 2.79 bits per heavy atom. The first-order valence-corrected chi connectivity index (χ1v) is 16.1. The van der Waals surface area contributed by atoms with Crippen molar-refractivity contribution >= 4 is 42.5 Å².